The molecule has 0 atom stereocenters. The minimum atomic E-state index is -3.76. The lowest BCUT2D eigenvalue weighted by Gasteiger charge is -2.10. The van der Waals surface area contributed by atoms with E-state index in [1.165, 1.54) is 36.4 Å². The first-order chi connectivity index (χ1) is 14.3. The second-order valence-corrected chi connectivity index (χ2v) is 8.33. The number of benzene rings is 3. The third-order valence-electron chi connectivity index (χ3n) is 4.53. The molecule has 1 amide bonds. The Bertz CT molecular complexity index is 1350. The Kier molecular flexibility index (Phi) is 5.01. The van der Waals surface area contributed by atoms with Crippen molar-refractivity contribution in [3.63, 3.8) is 0 Å². The van der Waals surface area contributed by atoms with Crippen LogP contribution in [0.4, 0.5) is 15.8 Å². The number of hydrogen-bond acceptors (Lipinski definition) is 4. The van der Waals surface area contributed by atoms with Crippen molar-refractivity contribution in [2.75, 3.05) is 10.0 Å². The van der Waals surface area contributed by atoms with Gasteiger partial charge in [-0.15, -0.1) is 0 Å². The second kappa shape index (κ2) is 7.64. The van der Waals surface area contributed by atoms with E-state index >= 15 is 0 Å². The molecule has 0 bridgehead atoms. The van der Waals surface area contributed by atoms with E-state index in [1.807, 2.05) is 0 Å². The van der Waals surface area contributed by atoms with E-state index in [0.717, 1.165) is 0 Å². The number of aryl methyl sites for hydroxylation is 1. The van der Waals surface area contributed by atoms with Gasteiger partial charge in [0, 0.05) is 16.6 Å². The Morgan fingerprint density at radius 2 is 1.67 bits per heavy atom. The summed E-state index contributed by atoms with van der Waals surface area (Å²) in [6, 6.07) is 18.3. The van der Waals surface area contributed by atoms with Crippen LogP contribution in [-0.4, -0.2) is 14.3 Å². The smallest absolute Gasteiger partial charge is 0.291 e. The van der Waals surface area contributed by atoms with Crippen molar-refractivity contribution in [3.8, 4) is 0 Å². The van der Waals surface area contributed by atoms with Crippen LogP contribution < -0.4 is 10.0 Å². The number of nitrogens with one attached hydrogen (secondary N) is 2. The zero-order valence-corrected chi connectivity index (χ0v) is 16.7. The summed E-state index contributed by atoms with van der Waals surface area (Å²) in [4.78, 5) is 12.8. The first-order valence-electron chi connectivity index (χ1n) is 9.01. The molecule has 1 heterocycles. The average molecular weight is 424 g/mol. The van der Waals surface area contributed by atoms with Crippen molar-refractivity contribution in [1.29, 1.82) is 0 Å². The zero-order chi connectivity index (χ0) is 21.3. The molecule has 0 saturated carbocycles. The summed E-state index contributed by atoms with van der Waals surface area (Å²) in [5, 5.41) is 3.20. The van der Waals surface area contributed by atoms with Crippen LogP contribution in [0.5, 0.6) is 0 Å². The average Bonchev–Trinajstić information content (AvgIpc) is 3.05. The number of rotatable bonds is 5. The van der Waals surface area contributed by atoms with Crippen LogP contribution >= 0.6 is 0 Å². The van der Waals surface area contributed by atoms with Gasteiger partial charge in [-0.1, -0.05) is 24.3 Å². The standard InChI is InChI=1S/C22H17FN2O4S/c1-14-19-12-15(23)10-11-20(19)29-21(14)22(26)24-16-6-5-7-17(13-16)25-30(27,28)18-8-3-2-4-9-18/h2-13,25H,1H3,(H,24,26). The lowest BCUT2D eigenvalue weighted by molar-refractivity contribution is 0.0998. The van der Waals surface area contributed by atoms with E-state index < -0.39 is 21.7 Å². The van der Waals surface area contributed by atoms with Crippen LogP contribution in [0, 0.1) is 12.7 Å². The van der Waals surface area contributed by atoms with E-state index in [-0.39, 0.29) is 10.7 Å². The quantitative estimate of drug-likeness (QED) is 0.475. The molecule has 152 valence electrons. The molecule has 0 aliphatic rings. The molecular formula is C22H17FN2O4S. The number of anilines is 2. The minimum Gasteiger partial charge on any atom is -0.451 e. The summed E-state index contributed by atoms with van der Waals surface area (Å²) in [6.45, 7) is 1.67. The van der Waals surface area contributed by atoms with Crippen molar-refractivity contribution < 1.29 is 22.0 Å². The number of halogens is 1. The Hall–Kier alpha value is -3.65. The van der Waals surface area contributed by atoms with Crippen LogP contribution in [0.15, 0.2) is 82.1 Å². The number of fused-ring (bicyclic) bond motifs is 1. The molecule has 4 aromatic rings. The molecule has 0 aliphatic heterocycles. The lowest BCUT2D eigenvalue weighted by atomic mass is 10.1. The predicted octanol–water partition coefficient (Wildman–Crippen LogP) is 4.93. The van der Waals surface area contributed by atoms with Crippen LogP contribution in [-0.2, 0) is 10.0 Å². The summed E-state index contributed by atoms with van der Waals surface area (Å²) in [5.41, 5.74) is 1.59. The second-order valence-electron chi connectivity index (χ2n) is 6.65. The molecule has 0 saturated heterocycles. The summed E-state index contributed by atoms with van der Waals surface area (Å²) in [6.07, 6.45) is 0. The number of carbonyl (C=O) groups excluding carboxylic acids is 1. The molecular weight excluding hydrogens is 407 g/mol. The van der Waals surface area contributed by atoms with Crippen molar-refractivity contribution in [1.82, 2.24) is 0 Å². The minimum absolute atomic E-state index is 0.0610. The van der Waals surface area contributed by atoms with Crippen molar-refractivity contribution in [2.45, 2.75) is 11.8 Å². The lowest BCUT2D eigenvalue weighted by Crippen LogP contribution is -2.14. The highest BCUT2D eigenvalue weighted by Gasteiger charge is 2.19. The number of furan rings is 1. The van der Waals surface area contributed by atoms with Crippen LogP contribution in [0.3, 0.4) is 0 Å². The number of sulfonamides is 1. The largest absolute Gasteiger partial charge is 0.451 e. The maximum atomic E-state index is 13.5. The van der Waals surface area contributed by atoms with Gasteiger partial charge in [0.25, 0.3) is 15.9 Å². The predicted molar refractivity (Wildman–Crippen MR) is 113 cm³/mol. The summed E-state index contributed by atoms with van der Waals surface area (Å²) in [7, 11) is -3.76. The molecule has 1 aromatic heterocycles. The van der Waals surface area contributed by atoms with Gasteiger partial charge in [0.15, 0.2) is 5.76 Å². The van der Waals surface area contributed by atoms with Crippen molar-refractivity contribution in [2.24, 2.45) is 0 Å². The topological polar surface area (TPSA) is 88.4 Å². The fraction of sp³-hybridized carbons (Fsp3) is 0.0455. The molecule has 2 N–H and O–H groups in total. The maximum absolute atomic E-state index is 13.5. The van der Waals surface area contributed by atoms with Crippen LogP contribution in [0.1, 0.15) is 16.1 Å². The van der Waals surface area contributed by atoms with Gasteiger partial charge in [-0.25, -0.2) is 12.8 Å². The molecule has 0 fully saturated rings. The molecule has 0 unspecified atom stereocenters. The molecule has 8 heteroatoms. The van der Waals surface area contributed by atoms with Gasteiger partial charge >= 0.3 is 0 Å². The van der Waals surface area contributed by atoms with Gasteiger partial charge < -0.3 is 9.73 Å². The molecule has 30 heavy (non-hydrogen) atoms. The van der Waals surface area contributed by atoms with E-state index in [4.69, 9.17) is 4.42 Å². The monoisotopic (exact) mass is 424 g/mol. The molecule has 0 radical (unpaired) electrons. The Morgan fingerprint density at radius 3 is 2.43 bits per heavy atom. The molecule has 6 nitrogen and oxygen atoms in total. The molecule has 3 aromatic carbocycles. The Morgan fingerprint density at radius 1 is 0.933 bits per heavy atom. The van der Waals surface area contributed by atoms with Gasteiger partial charge in [-0.3, -0.25) is 9.52 Å². The number of carbonyl (C=O) groups is 1. The third-order valence-corrected chi connectivity index (χ3v) is 5.93. The fourth-order valence-corrected chi connectivity index (χ4v) is 4.14. The van der Waals surface area contributed by atoms with Gasteiger partial charge in [0.2, 0.25) is 0 Å². The van der Waals surface area contributed by atoms with Gasteiger partial charge in [-0.2, -0.15) is 0 Å². The van der Waals surface area contributed by atoms with Crippen molar-refractivity contribution in [3.05, 3.63) is 89.9 Å². The van der Waals surface area contributed by atoms with E-state index in [0.29, 0.717) is 27.9 Å². The van der Waals surface area contributed by atoms with Gasteiger partial charge in [-0.05, 0) is 55.5 Å². The van der Waals surface area contributed by atoms with Gasteiger partial charge in [0.05, 0.1) is 10.6 Å². The van der Waals surface area contributed by atoms with Gasteiger partial charge in [0.1, 0.15) is 11.4 Å². The van der Waals surface area contributed by atoms with E-state index in [9.17, 15) is 17.6 Å². The summed E-state index contributed by atoms with van der Waals surface area (Å²) in [5.74, 6) is -0.880. The molecule has 0 spiro atoms. The first kappa shape index (κ1) is 19.7. The van der Waals surface area contributed by atoms with Crippen molar-refractivity contribution >= 4 is 38.3 Å². The Balaban J connectivity index is 1.56. The summed E-state index contributed by atoms with van der Waals surface area (Å²) >= 11 is 0. The van der Waals surface area contributed by atoms with Crippen LogP contribution in [0.25, 0.3) is 11.0 Å². The van der Waals surface area contributed by atoms with Crippen LogP contribution in [0.2, 0.25) is 0 Å². The first-order valence-corrected chi connectivity index (χ1v) is 10.5. The summed E-state index contributed by atoms with van der Waals surface area (Å²) < 4.78 is 46.5. The van der Waals surface area contributed by atoms with E-state index in [2.05, 4.69) is 10.0 Å². The number of amides is 1. The number of hydrogen-bond donors (Lipinski definition) is 2. The molecule has 4 rings (SSSR count). The molecule has 0 aliphatic carbocycles. The SMILES string of the molecule is Cc1c(C(=O)Nc2cccc(NS(=O)(=O)c3ccccc3)c2)oc2ccc(F)cc12. The fourth-order valence-electron chi connectivity index (χ4n) is 3.07. The highest BCUT2D eigenvalue weighted by Crippen LogP contribution is 2.27. The Labute approximate surface area is 172 Å². The highest BCUT2D eigenvalue weighted by molar-refractivity contribution is 7.92. The zero-order valence-electron chi connectivity index (χ0n) is 15.8. The van der Waals surface area contributed by atoms with E-state index in [1.54, 1.807) is 43.3 Å². The maximum Gasteiger partial charge on any atom is 0.291 e. The third kappa shape index (κ3) is 3.90. The normalized spacial score (nSPS) is 11.4. The highest BCUT2D eigenvalue weighted by atomic mass is 32.2.